The Balaban J connectivity index is 3.10. The molecular weight excluding hydrogens is 302 g/mol. The Bertz CT molecular complexity index is 537. The van der Waals surface area contributed by atoms with Crippen LogP contribution < -0.4 is 9.46 Å². The normalized spacial score (nSPS) is 14.5. The lowest BCUT2D eigenvalue weighted by Crippen LogP contribution is -2.39. The third-order valence-corrected chi connectivity index (χ3v) is 4.36. The highest BCUT2D eigenvalue weighted by atomic mass is 32.2. The van der Waals surface area contributed by atoms with Crippen molar-refractivity contribution in [2.75, 3.05) is 7.11 Å². The van der Waals surface area contributed by atoms with Gasteiger partial charge in [0, 0.05) is 0 Å². The molecule has 1 unspecified atom stereocenters. The van der Waals surface area contributed by atoms with E-state index < -0.39 is 27.7 Å². The molecule has 1 aromatic rings. The Morgan fingerprint density at radius 2 is 1.91 bits per heavy atom. The summed E-state index contributed by atoms with van der Waals surface area (Å²) in [4.78, 5) is 12.4. The van der Waals surface area contributed by atoms with Crippen LogP contribution in [0, 0.1) is 0 Å². The number of ether oxygens (including phenoxy) is 2. The topological polar surface area (TPSA) is 64.6 Å². The molecule has 0 bridgehead atoms. The Hall–Kier alpha value is -1.40. The van der Waals surface area contributed by atoms with Crippen molar-refractivity contribution < 1.29 is 18.5 Å². The maximum atomic E-state index is 12.4. The van der Waals surface area contributed by atoms with Crippen molar-refractivity contribution in [2.45, 2.75) is 51.5 Å². The monoisotopic (exact) mass is 327 g/mol. The van der Waals surface area contributed by atoms with Crippen LogP contribution in [-0.2, 0) is 20.5 Å². The van der Waals surface area contributed by atoms with Crippen molar-refractivity contribution in [1.29, 1.82) is 0 Å². The van der Waals surface area contributed by atoms with E-state index in [1.807, 2.05) is 20.8 Å². The van der Waals surface area contributed by atoms with E-state index in [1.54, 1.807) is 45.2 Å². The van der Waals surface area contributed by atoms with Gasteiger partial charge in [-0.15, -0.1) is 0 Å². The number of rotatable bonds is 6. The number of hydrogen-bond acceptors (Lipinski definition) is 4. The molecule has 2 atom stereocenters. The largest absolute Gasteiger partial charge is 0.497 e. The predicted molar refractivity (Wildman–Crippen MR) is 88.0 cm³/mol. The molecule has 0 aliphatic heterocycles. The molecule has 0 aromatic heterocycles. The zero-order valence-corrected chi connectivity index (χ0v) is 14.8. The van der Waals surface area contributed by atoms with Crippen molar-refractivity contribution in [3.8, 4) is 5.75 Å². The number of methoxy groups -OCH3 is 1. The van der Waals surface area contributed by atoms with Crippen LogP contribution in [0.25, 0.3) is 0 Å². The van der Waals surface area contributed by atoms with Gasteiger partial charge in [-0.05, 0) is 52.3 Å². The lowest BCUT2D eigenvalue weighted by Gasteiger charge is -2.24. The zero-order chi connectivity index (χ0) is 16.9. The van der Waals surface area contributed by atoms with Crippen LogP contribution in [0.2, 0.25) is 0 Å². The number of nitrogens with one attached hydrogen (secondary N) is 1. The summed E-state index contributed by atoms with van der Waals surface area (Å²) in [6, 6.07) is 6.28. The Kier molecular flexibility index (Phi) is 6.56. The highest BCUT2D eigenvalue weighted by Gasteiger charge is 2.29. The van der Waals surface area contributed by atoms with Crippen LogP contribution in [0.5, 0.6) is 5.75 Å². The lowest BCUT2D eigenvalue weighted by atomic mass is 10.1. The summed E-state index contributed by atoms with van der Waals surface area (Å²) in [7, 11) is 0.153. The first-order valence-electron chi connectivity index (χ1n) is 7.17. The summed E-state index contributed by atoms with van der Waals surface area (Å²) >= 11 is 0. The van der Waals surface area contributed by atoms with Gasteiger partial charge in [0.15, 0.2) is 0 Å². The fourth-order valence-corrected chi connectivity index (χ4v) is 2.46. The second kappa shape index (κ2) is 7.74. The maximum Gasteiger partial charge on any atom is 0.328 e. The number of carbonyl (C=O) groups excluding carboxylic acids is 1. The molecule has 6 heteroatoms. The summed E-state index contributed by atoms with van der Waals surface area (Å²) in [6.45, 7) is 9.08. The SMILES string of the molecule is COc1cccc([C@@H](NS(=O)C(C)(C)C)C(=O)OC(C)C)c1. The molecule has 1 N–H and O–H groups in total. The molecular formula is C16H25NO4S. The van der Waals surface area contributed by atoms with E-state index >= 15 is 0 Å². The minimum Gasteiger partial charge on any atom is -0.497 e. The van der Waals surface area contributed by atoms with Crippen LogP contribution in [0.15, 0.2) is 24.3 Å². The fraction of sp³-hybridized carbons (Fsp3) is 0.562. The molecule has 1 aromatic carbocycles. The van der Waals surface area contributed by atoms with Gasteiger partial charge in [-0.2, -0.15) is 0 Å². The average Bonchev–Trinajstić information content (AvgIpc) is 2.42. The summed E-state index contributed by atoms with van der Waals surface area (Å²) in [5.74, 6) is 0.170. The average molecular weight is 327 g/mol. The van der Waals surface area contributed by atoms with Gasteiger partial charge in [0.05, 0.1) is 28.9 Å². The minimum absolute atomic E-state index is 0.245. The van der Waals surface area contributed by atoms with Crippen LogP contribution in [0.1, 0.15) is 46.2 Å². The number of carbonyl (C=O) groups is 1. The van der Waals surface area contributed by atoms with Crippen molar-refractivity contribution in [3.63, 3.8) is 0 Å². The van der Waals surface area contributed by atoms with Gasteiger partial charge >= 0.3 is 5.97 Å². The van der Waals surface area contributed by atoms with Crippen LogP contribution in [0.4, 0.5) is 0 Å². The van der Waals surface area contributed by atoms with Crippen molar-refractivity contribution >= 4 is 17.0 Å². The first-order valence-corrected chi connectivity index (χ1v) is 8.32. The number of benzene rings is 1. The van der Waals surface area contributed by atoms with Gasteiger partial charge in [-0.25, -0.2) is 13.7 Å². The highest BCUT2D eigenvalue weighted by Crippen LogP contribution is 2.23. The highest BCUT2D eigenvalue weighted by molar-refractivity contribution is 7.84. The molecule has 0 spiro atoms. The second-order valence-corrected chi connectivity index (χ2v) is 8.19. The van der Waals surface area contributed by atoms with E-state index in [9.17, 15) is 9.00 Å². The second-order valence-electron chi connectivity index (χ2n) is 6.19. The molecule has 0 aliphatic carbocycles. The molecule has 22 heavy (non-hydrogen) atoms. The molecule has 0 aliphatic rings. The lowest BCUT2D eigenvalue weighted by molar-refractivity contribution is -0.149. The summed E-state index contributed by atoms with van der Waals surface area (Å²) < 4.78 is 25.2. The predicted octanol–water partition coefficient (Wildman–Crippen LogP) is 2.74. The van der Waals surface area contributed by atoms with E-state index in [4.69, 9.17) is 9.47 Å². The molecule has 0 saturated heterocycles. The van der Waals surface area contributed by atoms with Crippen LogP contribution >= 0.6 is 0 Å². The van der Waals surface area contributed by atoms with E-state index in [0.717, 1.165) is 0 Å². The van der Waals surface area contributed by atoms with Crippen molar-refractivity contribution in [1.82, 2.24) is 4.72 Å². The van der Waals surface area contributed by atoms with Gasteiger partial charge in [0.25, 0.3) is 0 Å². The molecule has 0 amide bonds. The standard InChI is InChI=1S/C16H25NO4S/c1-11(2)21-15(18)14(17-22(19)16(3,4)5)12-8-7-9-13(10-12)20-6/h7-11,14,17H,1-6H3/t14-,22?/m1/s1. The summed E-state index contributed by atoms with van der Waals surface area (Å²) in [5, 5.41) is 0. The van der Waals surface area contributed by atoms with E-state index in [0.29, 0.717) is 11.3 Å². The minimum atomic E-state index is -1.40. The Morgan fingerprint density at radius 1 is 1.27 bits per heavy atom. The van der Waals surface area contributed by atoms with Crippen molar-refractivity contribution in [3.05, 3.63) is 29.8 Å². The molecule has 0 saturated carbocycles. The van der Waals surface area contributed by atoms with Gasteiger partial charge < -0.3 is 9.47 Å². The van der Waals surface area contributed by atoms with Gasteiger partial charge in [0.1, 0.15) is 11.8 Å². The number of esters is 1. The van der Waals surface area contributed by atoms with E-state index in [-0.39, 0.29) is 6.10 Å². The molecule has 1 rings (SSSR count). The summed E-state index contributed by atoms with van der Waals surface area (Å²) in [5.41, 5.74) is 0.655. The molecule has 0 radical (unpaired) electrons. The van der Waals surface area contributed by atoms with E-state index in [1.165, 1.54) is 0 Å². The molecule has 0 fully saturated rings. The molecule has 0 heterocycles. The van der Waals surface area contributed by atoms with Gasteiger partial charge in [0.2, 0.25) is 0 Å². The summed E-state index contributed by atoms with van der Waals surface area (Å²) in [6.07, 6.45) is -0.245. The molecule has 5 nitrogen and oxygen atoms in total. The van der Waals surface area contributed by atoms with Crippen molar-refractivity contribution in [2.24, 2.45) is 0 Å². The molecule has 124 valence electrons. The Morgan fingerprint density at radius 3 is 2.41 bits per heavy atom. The number of hydrogen-bond donors (Lipinski definition) is 1. The first-order chi connectivity index (χ1) is 10.1. The van der Waals surface area contributed by atoms with Gasteiger partial charge in [-0.3, -0.25) is 0 Å². The smallest absolute Gasteiger partial charge is 0.328 e. The van der Waals surface area contributed by atoms with E-state index in [2.05, 4.69) is 4.72 Å². The fourth-order valence-electron chi connectivity index (χ4n) is 1.66. The maximum absolute atomic E-state index is 12.4. The third kappa shape index (κ3) is 5.42. The van der Waals surface area contributed by atoms with Gasteiger partial charge in [-0.1, -0.05) is 12.1 Å². The Labute approximate surface area is 135 Å². The quantitative estimate of drug-likeness (QED) is 0.816. The first kappa shape index (κ1) is 18.6. The van der Waals surface area contributed by atoms with Crippen LogP contribution in [0.3, 0.4) is 0 Å². The zero-order valence-electron chi connectivity index (χ0n) is 14.0. The van der Waals surface area contributed by atoms with Crippen LogP contribution in [-0.4, -0.2) is 28.1 Å². The third-order valence-electron chi connectivity index (χ3n) is 2.80.